The number of carbonyl (C=O) groups is 1. The van der Waals surface area contributed by atoms with Crippen molar-refractivity contribution in [3.63, 3.8) is 0 Å². The summed E-state index contributed by atoms with van der Waals surface area (Å²) in [6, 6.07) is 25.2. The van der Waals surface area contributed by atoms with E-state index in [0.29, 0.717) is 12.1 Å². The molecule has 0 aliphatic rings. The van der Waals surface area contributed by atoms with Gasteiger partial charge in [0.15, 0.2) is 0 Å². The second-order valence-electron chi connectivity index (χ2n) is 6.88. The van der Waals surface area contributed by atoms with Crippen molar-refractivity contribution in [1.29, 1.82) is 0 Å². The van der Waals surface area contributed by atoms with E-state index in [1.807, 2.05) is 100 Å². The van der Waals surface area contributed by atoms with Gasteiger partial charge in [0.25, 0.3) is 5.91 Å². The molecule has 1 N–H and O–H groups in total. The number of para-hydroxylation sites is 1. The van der Waals surface area contributed by atoms with Crippen LogP contribution in [0.2, 0.25) is 0 Å². The number of pyridine rings is 2. The molecule has 6 nitrogen and oxygen atoms in total. The van der Waals surface area contributed by atoms with Crippen molar-refractivity contribution in [3.8, 4) is 17.1 Å². The average Bonchev–Trinajstić information content (AvgIpc) is 3.44. The van der Waals surface area contributed by atoms with E-state index >= 15 is 0 Å². The third kappa shape index (κ3) is 3.35. The second kappa shape index (κ2) is 7.67. The smallest absolute Gasteiger partial charge is 0.253 e. The molecule has 1 aromatic carbocycles. The lowest BCUT2D eigenvalue weighted by atomic mass is 10.2. The summed E-state index contributed by atoms with van der Waals surface area (Å²) in [7, 11) is 0. The Morgan fingerprint density at radius 1 is 0.900 bits per heavy atom. The maximum absolute atomic E-state index is 12.9. The first-order valence-electron chi connectivity index (χ1n) is 9.69. The number of rotatable bonds is 5. The topological polar surface area (TPSA) is 64.2 Å². The Bertz CT molecular complexity index is 1310. The Kier molecular flexibility index (Phi) is 4.57. The minimum atomic E-state index is -0.141. The molecule has 30 heavy (non-hydrogen) atoms. The number of aromatic nitrogens is 4. The van der Waals surface area contributed by atoms with Crippen LogP contribution in [0.4, 0.5) is 0 Å². The Morgan fingerprint density at radius 3 is 2.57 bits per heavy atom. The van der Waals surface area contributed by atoms with Gasteiger partial charge in [0.1, 0.15) is 5.69 Å². The number of nitrogens with zero attached hydrogens (tertiary/aromatic N) is 4. The highest BCUT2D eigenvalue weighted by Gasteiger charge is 2.17. The summed E-state index contributed by atoms with van der Waals surface area (Å²) in [5, 5.41) is 7.68. The number of amides is 1. The molecule has 5 aromatic rings. The quantitative estimate of drug-likeness (QED) is 0.489. The van der Waals surface area contributed by atoms with Crippen LogP contribution in [0, 0.1) is 0 Å². The molecule has 146 valence electrons. The summed E-state index contributed by atoms with van der Waals surface area (Å²) in [6.07, 6.45) is 5.59. The van der Waals surface area contributed by atoms with E-state index in [-0.39, 0.29) is 5.91 Å². The van der Waals surface area contributed by atoms with E-state index in [4.69, 9.17) is 5.10 Å². The van der Waals surface area contributed by atoms with E-state index in [1.165, 1.54) is 0 Å². The van der Waals surface area contributed by atoms with Gasteiger partial charge in [0.2, 0.25) is 0 Å². The molecule has 4 heterocycles. The molecule has 0 radical (unpaired) electrons. The number of fused-ring (bicyclic) bond motifs is 1. The fourth-order valence-electron chi connectivity index (χ4n) is 3.49. The molecule has 5 rings (SSSR count). The average molecular weight is 393 g/mol. The molecule has 0 unspecified atom stereocenters. The highest BCUT2D eigenvalue weighted by molar-refractivity contribution is 6.02. The van der Waals surface area contributed by atoms with Gasteiger partial charge in [-0.05, 0) is 48.5 Å². The Labute approximate surface area is 173 Å². The van der Waals surface area contributed by atoms with Gasteiger partial charge in [-0.1, -0.05) is 30.3 Å². The first-order chi connectivity index (χ1) is 14.8. The summed E-state index contributed by atoms with van der Waals surface area (Å²) >= 11 is 0. The first-order valence-corrected chi connectivity index (χ1v) is 9.69. The lowest BCUT2D eigenvalue weighted by Crippen LogP contribution is -2.23. The SMILES string of the molecule is O=C(NCc1ccccn1)c1cc(-c2ccn(-c3ccccc3)n2)n2ccccc12. The minimum absolute atomic E-state index is 0.141. The maximum Gasteiger partial charge on any atom is 0.253 e. The molecule has 0 saturated heterocycles. The monoisotopic (exact) mass is 393 g/mol. The third-order valence-corrected chi connectivity index (χ3v) is 4.95. The molecule has 4 aromatic heterocycles. The van der Waals surface area contributed by atoms with Gasteiger partial charge in [0.05, 0.1) is 34.7 Å². The van der Waals surface area contributed by atoms with Crippen molar-refractivity contribution in [3.05, 3.63) is 109 Å². The largest absolute Gasteiger partial charge is 0.346 e. The highest BCUT2D eigenvalue weighted by atomic mass is 16.1. The highest BCUT2D eigenvalue weighted by Crippen LogP contribution is 2.26. The number of hydrogen-bond acceptors (Lipinski definition) is 3. The lowest BCUT2D eigenvalue weighted by Gasteiger charge is -2.04. The molecule has 0 aliphatic carbocycles. The van der Waals surface area contributed by atoms with Gasteiger partial charge in [-0.3, -0.25) is 9.78 Å². The van der Waals surface area contributed by atoms with Crippen LogP contribution in [-0.2, 0) is 6.54 Å². The summed E-state index contributed by atoms with van der Waals surface area (Å²) < 4.78 is 3.83. The third-order valence-electron chi connectivity index (χ3n) is 4.95. The molecule has 0 spiro atoms. The van der Waals surface area contributed by atoms with Crippen LogP contribution in [-0.4, -0.2) is 25.1 Å². The van der Waals surface area contributed by atoms with E-state index in [2.05, 4.69) is 10.3 Å². The second-order valence-corrected chi connectivity index (χ2v) is 6.88. The summed E-state index contributed by atoms with van der Waals surface area (Å²) in [5.74, 6) is -0.141. The van der Waals surface area contributed by atoms with Gasteiger partial charge in [-0.25, -0.2) is 4.68 Å². The van der Waals surface area contributed by atoms with Gasteiger partial charge in [-0.15, -0.1) is 0 Å². The summed E-state index contributed by atoms with van der Waals surface area (Å²) in [6.45, 7) is 0.377. The first kappa shape index (κ1) is 17.9. The van der Waals surface area contributed by atoms with Crippen molar-refractivity contribution in [2.45, 2.75) is 6.54 Å². The molecule has 0 saturated carbocycles. The van der Waals surface area contributed by atoms with E-state index in [0.717, 1.165) is 28.3 Å². The molecule has 0 bridgehead atoms. The van der Waals surface area contributed by atoms with Gasteiger partial charge < -0.3 is 9.72 Å². The minimum Gasteiger partial charge on any atom is -0.346 e. The van der Waals surface area contributed by atoms with E-state index < -0.39 is 0 Å². The fraction of sp³-hybridized carbons (Fsp3) is 0.0417. The Balaban J connectivity index is 1.49. The zero-order valence-electron chi connectivity index (χ0n) is 16.1. The molecule has 0 atom stereocenters. The van der Waals surface area contributed by atoms with Crippen molar-refractivity contribution in [2.24, 2.45) is 0 Å². The van der Waals surface area contributed by atoms with Crippen LogP contribution in [0.25, 0.3) is 22.6 Å². The number of carbonyl (C=O) groups excluding carboxylic acids is 1. The van der Waals surface area contributed by atoms with Crippen LogP contribution in [0.1, 0.15) is 16.1 Å². The summed E-state index contributed by atoms with van der Waals surface area (Å²) in [5.41, 5.74) is 4.90. The predicted molar refractivity (Wildman–Crippen MR) is 115 cm³/mol. The Morgan fingerprint density at radius 2 is 1.73 bits per heavy atom. The molecule has 0 aliphatic heterocycles. The summed E-state index contributed by atoms with van der Waals surface area (Å²) in [4.78, 5) is 17.2. The van der Waals surface area contributed by atoms with Crippen LogP contribution in [0.5, 0.6) is 0 Å². The van der Waals surface area contributed by atoms with Crippen molar-refractivity contribution in [2.75, 3.05) is 0 Å². The molecule has 0 fully saturated rings. The van der Waals surface area contributed by atoms with E-state index in [1.54, 1.807) is 6.20 Å². The Hall–Kier alpha value is -4.19. The standard InChI is InChI=1S/C24H19N5O/c30-24(26-17-18-8-4-6-13-25-18)20-16-23(28-14-7-5-11-22(20)28)21-12-15-29(27-21)19-9-2-1-3-10-19/h1-16H,17H2,(H,26,30). The van der Waals surface area contributed by atoms with Crippen LogP contribution >= 0.6 is 0 Å². The lowest BCUT2D eigenvalue weighted by molar-refractivity contribution is 0.0952. The normalized spacial score (nSPS) is 10.9. The number of benzene rings is 1. The van der Waals surface area contributed by atoms with Crippen molar-refractivity contribution >= 4 is 11.4 Å². The van der Waals surface area contributed by atoms with Crippen LogP contribution in [0.15, 0.2) is 97.5 Å². The van der Waals surface area contributed by atoms with Crippen LogP contribution < -0.4 is 5.32 Å². The van der Waals surface area contributed by atoms with Gasteiger partial charge >= 0.3 is 0 Å². The molecular weight excluding hydrogens is 374 g/mol. The zero-order valence-corrected chi connectivity index (χ0v) is 16.1. The van der Waals surface area contributed by atoms with E-state index in [9.17, 15) is 4.79 Å². The molecule has 6 heteroatoms. The van der Waals surface area contributed by atoms with Gasteiger partial charge in [0, 0.05) is 18.6 Å². The van der Waals surface area contributed by atoms with Gasteiger partial charge in [-0.2, -0.15) is 5.10 Å². The number of nitrogens with one attached hydrogen (secondary N) is 1. The van der Waals surface area contributed by atoms with Crippen molar-refractivity contribution < 1.29 is 4.79 Å². The number of hydrogen-bond donors (Lipinski definition) is 1. The van der Waals surface area contributed by atoms with Crippen molar-refractivity contribution in [1.82, 2.24) is 24.5 Å². The molecular formula is C24H19N5O. The van der Waals surface area contributed by atoms with Crippen LogP contribution in [0.3, 0.4) is 0 Å². The fourth-order valence-corrected chi connectivity index (χ4v) is 3.49. The maximum atomic E-state index is 12.9. The zero-order chi connectivity index (χ0) is 20.3. The predicted octanol–water partition coefficient (Wildman–Crippen LogP) is 4.12. The molecule has 1 amide bonds.